The van der Waals surface area contributed by atoms with E-state index in [1.807, 2.05) is 0 Å². The van der Waals surface area contributed by atoms with Crippen molar-refractivity contribution in [2.45, 2.75) is 27.3 Å². The number of alkyl halides is 1. The molecule has 0 saturated carbocycles. The molecule has 0 aliphatic carbocycles. The average Bonchev–Trinajstić information content (AvgIpc) is 2.53. The number of nitrogens with zero attached hydrogens (tertiary/aromatic N) is 3. The Labute approximate surface area is 143 Å². The number of carbonyl (C=O) groups is 2. The number of aromatic nitrogens is 3. The Balaban J connectivity index is 2.07. The van der Waals surface area contributed by atoms with Crippen LogP contribution in [0.2, 0.25) is 0 Å². The van der Waals surface area contributed by atoms with Crippen molar-refractivity contribution in [3.63, 3.8) is 0 Å². The average molecular weight is 347 g/mol. The van der Waals surface area contributed by atoms with Gasteiger partial charge in [-0.25, -0.2) is 19.3 Å². The first-order valence-electron chi connectivity index (χ1n) is 7.46. The van der Waals surface area contributed by atoms with Crippen molar-refractivity contribution in [3.05, 3.63) is 40.8 Å². The Hall–Kier alpha value is -3.10. The minimum absolute atomic E-state index is 0.0724. The summed E-state index contributed by atoms with van der Waals surface area (Å²) in [5.74, 6) is -0.487. The summed E-state index contributed by atoms with van der Waals surface area (Å²) in [6.45, 7) is 4.02. The smallest absolute Gasteiger partial charge is 0.270 e. The summed E-state index contributed by atoms with van der Waals surface area (Å²) in [6, 6.07) is 4.74. The standard InChI is InChI=1S/C16H18FN5O3/c1-9-6-13(22-16(19-9)21-11(3)23)15(24)18-7-12-4-5-14(25-8-17)20-10(12)2/h4-6H,7-8H2,1-3H3,(H,18,24)(H,19,21,22,23). The zero-order valence-electron chi connectivity index (χ0n) is 14.1. The van der Waals surface area contributed by atoms with Crippen LogP contribution in [0.15, 0.2) is 18.2 Å². The highest BCUT2D eigenvalue weighted by atomic mass is 19.1. The molecule has 0 unspecified atom stereocenters. The molecule has 0 fully saturated rings. The molecule has 0 spiro atoms. The van der Waals surface area contributed by atoms with Gasteiger partial charge in [-0.1, -0.05) is 6.07 Å². The monoisotopic (exact) mass is 347 g/mol. The van der Waals surface area contributed by atoms with Crippen molar-refractivity contribution in [1.82, 2.24) is 20.3 Å². The molecule has 0 aliphatic heterocycles. The van der Waals surface area contributed by atoms with Crippen LogP contribution in [0, 0.1) is 13.8 Å². The van der Waals surface area contributed by atoms with Gasteiger partial charge in [0.15, 0.2) is 0 Å². The first-order valence-corrected chi connectivity index (χ1v) is 7.46. The molecule has 2 aromatic heterocycles. The maximum absolute atomic E-state index is 12.3. The number of ether oxygens (including phenoxy) is 1. The maximum Gasteiger partial charge on any atom is 0.270 e. The number of anilines is 1. The molecular formula is C16H18FN5O3. The summed E-state index contributed by atoms with van der Waals surface area (Å²) in [5, 5.41) is 5.16. The summed E-state index contributed by atoms with van der Waals surface area (Å²) < 4.78 is 16.8. The van der Waals surface area contributed by atoms with E-state index < -0.39 is 12.8 Å². The third-order valence-corrected chi connectivity index (χ3v) is 3.19. The number of hydrogen-bond donors (Lipinski definition) is 2. The second-order valence-corrected chi connectivity index (χ2v) is 5.23. The zero-order chi connectivity index (χ0) is 18.4. The highest BCUT2D eigenvalue weighted by Crippen LogP contribution is 2.13. The van der Waals surface area contributed by atoms with E-state index in [0.29, 0.717) is 11.4 Å². The van der Waals surface area contributed by atoms with Gasteiger partial charge in [-0.2, -0.15) is 0 Å². The van der Waals surface area contributed by atoms with Crippen molar-refractivity contribution in [1.29, 1.82) is 0 Å². The van der Waals surface area contributed by atoms with E-state index in [2.05, 4.69) is 30.3 Å². The van der Waals surface area contributed by atoms with Gasteiger partial charge < -0.3 is 10.1 Å². The second-order valence-electron chi connectivity index (χ2n) is 5.23. The number of aryl methyl sites for hydroxylation is 2. The van der Waals surface area contributed by atoms with Crippen LogP contribution in [0.4, 0.5) is 10.3 Å². The lowest BCUT2D eigenvalue weighted by Crippen LogP contribution is -2.25. The first kappa shape index (κ1) is 18.2. The van der Waals surface area contributed by atoms with Crippen LogP contribution < -0.4 is 15.4 Å². The first-order chi connectivity index (χ1) is 11.9. The molecule has 0 saturated heterocycles. The van der Waals surface area contributed by atoms with Gasteiger partial charge in [0, 0.05) is 30.9 Å². The molecule has 2 N–H and O–H groups in total. The van der Waals surface area contributed by atoms with Gasteiger partial charge in [0.25, 0.3) is 5.91 Å². The second kappa shape index (κ2) is 8.13. The minimum atomic E-state index is -0.952. The number of amides is 2. The number of pyridine rings is 1. The van der Waals surface area contributed by atoms with E-state index in [4.69, 9.17) is 0 Å². The Morgan fingerprint density at radius 1 is 1.20 bits per heavy atom. The molecule has 2 aromatic rings. The quantitative estimate of drug-likeness (QED) is 0.823. The fourth-order valence-electron chi connectivity index (χ4n) is 2.05. The predicted octanol–water partition coefficient (Wildman–Crippen LogP) is 1.68. The Kier molecular flexibility index (Phi) is 5.93. The van der Waals surface area contributed by atoms with Gasteiger partial charge >= 0.3 is 0 Å². The molecule has 25 heavy (non-hydrogen) atoms. The Morgan fingerprint density at radius 2 is 1.96 bits per heavy atom. The molecule has 0 radical (unpaired) electrons. The summed E-state index contributed by atoms with van der Waals surface area (Å²) >= 11 is 0. The third kappa shape index (κ3) is 5.20. The lowest BCUT2D eigenvalue weighted by Gasteiger charge is -2.10. The fourth-order valence-corrected chi connectivity index (χ4v) is 2.05. The zero-order valence-corrected chi connectivity index (χ0v) is 14.1. The van der Waals surface area contributed by atoms with Crippen molar-refractivity contribution >= 4 is 17.8 Å². The molecule has 0 bridgehead atoms. The van der Waals surface area contributed by atoms with Crippen LogP contribution in [-0.4, -0.2) is 33.6 Å². The van der Waals surface area contributed by atoms with E-state index in [1.165, 1.54) is 19.1 Å². The van der Waals surface area contributed by atoms with Gasteiger partial charge in [-0.15, -0.1) is 0 Å². The van der Waals surface area contributed by atoms with Crippen molar-refractivity contribution in [3.8, 4) is 5.88 Å². The predicted molar refractivity (Wildman–Crippen MR) is 87.8 cm³/mol. The molecule has 0 aliphatic rings. The molecule has 0 atom stereocenters. The van der Waals surface area contributed by atoms with Gasteiger partial charge in [0.1, 0.15) is 5.69 Å². The molecule has 2 rings (SSSR count). The molecule has 2 amide bonds. The SMILES string of the molecule is CC(=O)Nc1nc(C)cc(C(=O)NCc2ccc(OCF)nc2C)n1. The number of rotatable bonds is 6. The summed E-state index contributed by atoms with van der Waals surface area (Å²) in [5.41, 5.74) is 2.06. The van der Waals surface area contributed by atoms with Crippen LogP contribution >= 0.6 is 0 Å². The normalized spacial score (nSPS) is 10.2. The van der Waals surface area contributed by atoms with Crippen LogP contribution in [0.1, 0.15) is 34.4 Å². The van der Waals surface area contributed by atoms with Crippen LogP contribution in [-0.2, 0) is 11.3 Å². The number of hydrogen-bond acceptors (Lipinski definition) is 6. The van der Waals surface area contributed by atoms with E-state index in [0.717, 1.165) is 5.56 Å². The Morgan fingerprint density at radius 3 is 2.60 bits per heavy atom. The summed E-state index contributed by atoms with van der Waals surface area (Å²) in [7, 11) is 0. The molecule has 8 nitrogen and oxygen atoms in total. The van der Waals surface area contributed by atoms with Crippen molar-refractivity contribution in [2.24, 2.45) is 0 Å². The topological polar surface area (TPSA) is 106 Å². The lowest BCUT2D eigenvalue weighted by atomic mass is 10.2. The Bertz CT molecular complexity index is 797. The van der Waals surface area contributed by atoms with Crippen LogP contribution in [0.25, 0.3) is 0 Å². The lowest BCUT2D eigenvalue weighted by molar-refractivity contribution is -0.114. The fraction of sp³-hybridized carbons (Fsp3) is 0.312. The minimum Gasteiger partial charge on any atom is -0.446 e. The van der Waals surface area contributed by atoms with Gasteiger partial charge in [-0.3, -0.25) is 14.9 Å². The van der Waals surface area contributed by atoms with E-state index in [-0.39, 0.29) is 30.0 Å². The molecule has 0 aromatic carbocycles. The number of halogens is 1. The van der Waals surface area contributed by atoms with Gasteiger partial charge in [0.05, 0.1) is 0 Å². The molecule has 9 heteroatoms. The van der Waals surface area contributed by atoms with Crippen molar-refractivity contribution in [2.75, 3.05) is 12.2 Å². The van der Waals surface area contributed by atoms with E-state index in [1.54, 1.807) is 19.9 Å². The van der Waals surface area contributed by atoms with Gasteiger partial charge in [-0.05, 0) is 25.5 Å². The highest BCUT2D eigenvalue weighted by molar-refractivity contribution is 5.93. The van der Waals surface area contributed by atoms with E-state index in [9.17, 15) is 14.0 Å². The third-order valence-electron chi connectivity index (χ3n) is 3.19. The van der Waals surface area contributed by atoms with Crippen molar-refractivity contribution < 1.29 is 18.7 Å². The molecule has 2 heterocycles. The molecule has 132 valence electrons. The number of nitrogens with one attached hydrogen (secondary N) is 2. The van der Waals surface area contributed by atoms with Gasteiger partial charge in [0.2, 0.25) is 24.6 Å². The van der Waals surface area contributed by atoms with Crippen LogP contribution in [0.5, 0.6) is 5.88 Å². The highest BCUT2D eigenvalue weighted by Gasteiger charge is 2.12. The summed E-state index contributed by atoms with van der Waals surface area (Å²) in [6.07, 6.45) is 0. The van der Waals surface area contributed by atoms with Crippen LogP contribution in [0.3, 0.4) is 0 Å². The summed E-state index contributed by atoms with van der Waals surface area (Å²) in [4.78, 5) is 35.5. The van der Waals surface area contributed by atoms with E-state index >= 15 is 0 Å². The maximum atomic E-state index is 12.3. The number of carbonyl (C=O) groups excluding carboxylic acids is 2. The largest absolute Gasteiger partial charge is 0.446 e. The molecular weight excluding hydrogens is 329 g/mol.